The van der Waals surface area contributed by atoms with Crippen LogP contribution in [0.2, 0.25) is 0 Å². The molecule has 4 heteroatoms. The highest BCUT2D eigenvalue weighted by molar-refractivity contribution is 5.67. The Kier molecular flexibility index (Phi) is 4.73. The quantitative estimate of drug-likeness (QED) is 0.843. The summed E-state index contributed by atoms with van der Waals surface area (Å²) in [6.45, 7) is 6.29. The van der Waals surface area contributed by atoms with Crippen molar-refractivity contribution >= 4 is 5.97 Å². The van der Waals surface area contributed by atoms with Crippen LogP contribution in [0.3, 0.4) is 0 Å². The van der Waals surface area contributed by atoms with Crippen molar-refractivity contribution in [3.63, 3.8) is 0 Å². The molecular weight excluding hydrogens is 232 g/mol. The summed E-state index contributed by atoms with van der Waals surface area (Å²) >= 11 is 0. The van der Waals surface area contributed by atoms with Crippen molar-refractivity contribution in [3.05, 3.63) is 29.8 Å². The fourth-order valence-corrected chi connectivity index (χ4v) is 1.51. The van der Waals surface area contributed by atoms with Crippen molar-refractivity contribution in [1.29, 1.82) is 0 Å². The standard InChI is InChI=1S/C14H20O4/c1-14(2,3)10-5-4-6-12(7-10)18-9-11(15)8-13(16)17/h4-7,11,15H,8-9H2,1-3H3,(H,16,17). The summed E-state index contributed by atoms with van der Waals surface area (Å²) in [6.07, 6.45) is -1.29. The first-order valence-corrected chi connectivity index (χ1v) is 5.92. The fourth-order valence-electron chi connectivity index (χ4n) is 1.51. The Morgan fingerprint density at radius 3 is 2.61 bits per heavy atom. The van der Waals surface area contributed by atoms with Gasteiger partial charge in [-0.05, 0) is 23.1 Å². The highest BCUT2D eigenvalue weighted by Crippen LogP contribution is 2.25. The van der Waals surface area contributed by atoms with Gasteiger partial charge in [-0.25, -0.2) is 0 Å². The summed E-state index contributed by atoms with van der Waals surface area (Å²) in [5.74, 6) is -0.388. The average molecular weight is 252 g/mol. The predicted octanol–water partition coefficient (Wildman–Crippen LogP) is 2.20. The molecule has 1 aromatic carbocycles. The van der Waals surface area contributed by atoms with Crippen LogP contribution in [0.5, 0.6) is 5.75 Å². The Hall–Kier alpha value is -1.55. The number of hydrogen-bond acceptors (Lipinski definition) is 3. The third-order valence-electron chi connectivity index (χ3n) is 2.55. The molecule has 1 unspecified atom stereocenters. The molecule has 0 saturated heterocycles. The van der Waals surface area contributed by atoms with Gasteiger partial charge in [0.15, 0.2) is 0 Å². The minimum Gasteiger partial charge on any atom is -0.491 e. The second-order valence-electron chi connectivity index (χ2n) is 5.34. The number of carboxylic acid groups (broad SMARTS) is 1. The van der Waals surface area contributed by atoms with Crippen molar-refractivity contribution in [1.82, 2.24) is 0 Å². The number of ether oxygens (including phenoxy) is 1. The van der Waals surface area contributed by atoms with Crippen LogP contribution >= 0.6 is 0 Å². The Bertz CT molecular complexity index is 407. The zero-order chi connectivity index (χ0) is 13.8. The number of benzene rings is 1. The smallest absolute Gasteiger partial charge is 0.306 e. The first-order chi connectivity index (χ1) is 8.29. The molecule has 0 spiro atoms. The molecule has 0 aliphatic rings. The van der Waals surface area contributed by atoms with Gasteiger partial charge in [-0.3, -0.25) is 4.79 Å². The first-order valence-electron chi connectivity index (χ1n) is 5.92. The van der Waals surface area contributed by atoms with Gasteiger partial charge < -0.3 is 14.9 Å². The van der Waals surface area contributed by atoms with Crippen molar-refractivity contribution in [3.8, 4) is 5.75 Å². The summed E-state index contributed by atoms with van der Waals surface area (Å²) < 4.78 is 5.39. The molecule has 1 aromatic rings. The van der Waals surface area contributed by atoms with Gasteiger partial charge in [-0.15, -0.1) is 0 Å². The minimum atomic E-state index is -1.03. The van der Waals surface area contributed by atoms with E-state index in [2.05, 4.69) is 20.8 Å². The van der Waals surface area contributed by atoms with Crippen LogP contribution in [0.25, 0.3) is 0 Å². The van der Waals surface area contributed by atoms with Crippen LogP contribution < -0.4 is 4.74 Å². The molecule has 2 N–H and O–H groups in total. The van der Waals surface area contributed by atoms with Crippen LogP contribution in [0.1, 0.15) is 32.8 Å². The van der Waals surface area contributed by atoms with E-state index in [0.717, 1.165) is 5.56 Å². The molecule has 0 saturated carbocycles. The normalized spacial score (nSPS) is 13.1. The van der Waals surface area contributed by atoms with Gasteiger partial charge in [0.05, 0.1) is 12.5 Å². The molecule has 1 atom stereocenters. The van der Waals surface area contributed by atoms with Gasteiger partial charge in [0, 0.05) is 0 Å². The molecule has 0 aromatic heterocycles. The molecule has 0 aliphatic carbocycles. The number of aliphatic hydroxyl groups excluding tert-OH is 1. The van der Waals surface area contributed by atoms with Crippen LogP contribution in [0.15, 0.2) is 24.3 Å². The first kappa shape index (κ1) is 14.5. The molecule has 4 nitrogen and oxygen atoms in total. The monoisotopic (exact) mass is 252 g/mol. The minimum absolute atomic E-state index is 0.0140. The van der Waals surface area contributed by atoms with Crippen LogP contribution in [-0.4, -0.2) is 28.9 Å². The van der Waals surface area contributed by atoms with E-state index in [0.29, 0.717) is 5.75 Å². The second kappa shape index (κ2) is 5.87. The molecule has 0 amide bonds. The predicted molar refractivity (Wildman–Crippen MR) is 68.9 cm³/mol. The SMILES string of the molecule is CC(C)(C)c1cccc(OCC(O)CC(=O)O)c1. The maximum absolute atomic E-state index is 10.4. The lowest BCUT2D eigenvalue weighted by Gasteiger charge is -2.20. The van der Waals surface area contributed by atoms with E-state index in [4.69, 9.17) is 9.84 Å². The molecule has 0 radical (unpaired) electrons. The van der Waals surface area contributed by atoms with Gasteiger partial charge in [-0.1, -0.05) is 32.9 Å². The van der Waals surface area contributed by atoms with E-state index in [1.54, 1.807) is 6.07 Å². The molecule has 1 rings (SSSR count). The third-order valence-corrected chi connectivity index (χ3v) is 2.55. The van der Waals surface area contributed by atoms with Crippen LogP contribution in [0.4, 0.5) is 0 Å². The van der Waals surface area contributed by atoms with Gasteiger partial charge in [0.25, 0.3) is 0 Å². The summed E-state index contributed by atoms with van der Waals surface area (Å²) in [7, 11) is 0. The Morgan fingerprint density at radius 2 is 2.06 bits per heavy atom. The molecule has 0 fully saturated rings. The molecule has 0 heterocycles. The summed E-state index contributed by atoms with van der Waals surface area (Å²) in [6, 6.07) is 7.61. The molecular formula is C14H20O4. The zero-order valence-corrected chi connectivity index (χ0v) is 11.0. The van der Waals surface area contributed by atoms with Crippen molar-refractivity contribution < 1.29 is 19.7 Å². The Balaban J connectivity index is 2.60. The highest BCUT2D eigenvalue weighted by Gasteiger charge is 2.15. The maximum Gasteiger partial charge on any atom is 0.306 e. The highest BCUT2D eigenvalue weighted by atomic mass is 16.5. The maximum atomic E-state index is 10.4. The number of carboxylic acids is 1. The lowest BCUT2D eigenvalue weighted by Crippen LogP contribution is -2.21. The summed E-state index contributed by atoms with van der Waals surface area (Å²) in [5, 5.41) is 17.9. The van der Waals surface area contributed by atoms with E-state index in [-0.39, 0.29) is 18.4 Å². The number of aliphatic carboxylic acids is 1. The molecule has 18 heavy (non-hydrogen) atoms. The zero-order valence-electron chi connectivity index (χ0n) is 11.0. The summed E-state index contributed by atoms with van der Waals surface area (Å²) in [4.78, 5) is 10.4. The number of hydrogen-bond donors (Lipinski definition) is 2. The number of carbonyl (C=O) groups is 1. The van der Waals surface area contributed by atoms with E-state index < -0.39 is 12.1 Å². The Labute approximate surface area is 107 Å². The topological polar surface area (TPSA) is 66.8 Å². The van der Waals surface area contributed by atoms with Gasteiger partial charge in [0.1, 0.15) is 12.4 Å². The Morgan fingerprint density at radius 1 is 1.39 bits per heavy atom. The van der Waals surface area contributed by atoms with Crippen LogP contribution in [0, 0.1) is 0 Å². The van der Waals surface area contributed by atoms with E-state index in [1.165, 1.54) is 0 Å². The van der Waals surface area contributed by atoms with E-state index in [9.17, 15) is 9.90 Å². The van der Waals surface area contributed by atoms with E-state index in [1.807, 2.05) is 18.2 Å². The van der Waals surface area contributed by atoms with Crippen LogP contribution in [-0.2, 0) is 10.2 Å². The number of aliphatic hydroxyl groups is 1. The molecule has 0 aliphatic heterocycles. The largest absolute Gasteiger partial charge is 0.491 e. The lowest BCUT2D eigenvalue weighted by molar-refractivity contribution is -0.139. The van der Waals surface area contributed by atoms with Gasteiger partial charge in [0.2, 0.25) is 0 Å². The van der Waals surface area contributed by atoms with Crippen molar-refractivity contribution in [2.45, 2.75) is 38.7 Å². The lowest BCUT2D eigenvalue weighted by atomic mass is 9.87. The van der Waals surface area contributed by atoms with Gasteiger partial charge >= 0.3 is 5.97 Å². The third kappa shape index (κ3) is 4.75. The van der Waals surface area contributed by atoms with Crippen molar-refractivity contribution in [2.24, 2.45) is 0 Å². The second-order valence-corrected chi connectivity index (χ2v) is 5.34. The fraction of sp³-hybridized carbons (Fsp3) is 0.500. The van der Waals surface area contributed by atoms with Gasteiger partial charge in [-0.2, -0.15) is 0 Å². The summed E-state index contributed by atoms with van der Waals surface area (Å²) in [5.41, 5.74) is 1.16. The number of rotatable bonds is 5. The van der Waals surface area contributed by atoms with E-state index >= 15 is 0 Å². The molecule has 100 valence electrons. The average Bonchev–Trinajstić information content (AvgIpc) is 2.25. The molecule has 0 bridgehead atoms. The van der Waals surface area contributed by atoms with Crippen molar-refractivity contribution in [2.75, 3.05) is 6.61 Å².